The number of hydrogen-bond donors (Lipinski definition) is 1. The third kappa shape index (κ3) is 3.30. The molecule has 0 spiro atoms. The maximum atomic E-state index is 13.2. The van der Waals surface area contributed by atoms with Crippen LogP contribution in [0.5, 0.6) is 5.88 Å². The van der Waals surface area contributed by atoms with Crippen molar-refractivity contribution in [3.63, 3.8) is 0 Å². The number of ether oxygens (including phenoxy) is 2. The van der Waals surface area contributed by atoms with Gasteiger partial charge in [0.15, 0.2) is 0 Å². The number of carbonyl (C=O) groups is 2. The van der Waals surface area contributed by atoms with Crippen LogP contribution in [0.2, 0.25) is 0 Å². The van der Waals surface area contributed by atoms with Gasteiger partial charge in [-0.2, -0.15) is 0 Å². The van der Waals surface area contributed by atoms with Crippen LogP contribution in [0, 0.1) is 17.7 Å². The first kappa shape index (κ1) is 17.3. The van der Waals surface area contributed by atoms with Gasteiger partial charge in [0.2, 0.25) is 5.88 Å². The summed E-state index contributed by atoms with van der Waals surface area (Å²) >= 11 is 0. The summed E-state index contributed by atoms with van der Waals surface area (Å²) in [5.41, 5.74) is 1.38. The standard InChI is InChI=1S/C19H17FN2O5/c1-26-18(23)11-6-15(10-2-4-12(20)5-3-10)21-16(7-11)27-17-13-8-22(19(24)25)9-14(13)17/h2-7,13-14,17H,8-9H2,1H3,(H,24,25)/t13-,14+,17-. The minimum absolute atomic E-state index is 0.123. The van der Waals surface area contributed by atoms with E-state index in [1.807, 2.05) is 0 Å². The molecule has 27 heavy (non-hydrogen) atoms. The van der Waals surface area contributed by atoms with Crippen molar-refractivity contribution in [2.75, 3.05) is 20.2 Å². The maximum absolute atomic E-state index is 13.2. The van der Waals surface area contributed by atoms with Crippen LogP contribution in [0.3, 0.4) is 0 Å². The topological polar surface area (TPSA) is 89.0 Å². The Kier molecular flexibility index (Phi) is 4.18. The minimum Gasteiger partial charge on any atom is -0.474 e. The molecule has 1 saturated heterocycles. The summed E-state index contributed by atoms with van der Waals surface area (Å²) in [4.78, 5) is 28.8. The molecule has 1 aliphatic carbocycles. The first-order valence-corrected chi connectivity index (χ1v) is 8.47. The SMILES string of the molecule is COC(=O)c1cc(O[C@@H]2[C@@H]3CN(C(=O)O)C[C@@H]32)nc(-c2ccc(F)cc2)c1. The number of pyridine rings is 1. The molecule has 1 amide bonds. The average molecular weight is 372 g/mol. The number of nitrogens with zero attached hydrogens (tertiary/aromatic N) is 2. The second-order valence-corrected chi connectivity index (χ2v) is 6.68. The van der Waals surface area contributed by atoms with Crippen molar-refractivity contribution in [2.24, 2.45) is 11.8 Å². The van der Waals surface area contributed by atoms with E-state index in [2.05, 4.69) is 4.98 Å². The van der Waals surface area contributed by atoms with E-state index in [9.17, 15) is 14.0 Å². The fourth-order valence-corrected chi connectivity index (χ4v) is 3.51. The lowest BCUT2D eigenvalue weighted by atomic mass is 10.1. The van der Waals surface area contributed by atoms with Crippen LogP contribution in [0.25, 0.3) is 11.3 Å². The van der Waals surface area contributed by atoms with Crippen molar-refractivity contribution in [1.29, 1.82) is 0 Å². The number of halogens is 1. The molecule has 1 aliphatic heterocycles. The van der Waals surface area contributed by atoms with Gasteiger partial charge in [0, 0.05) is 36.6 Å². The summed E-state index contributed by atoms with van der Waals surface area (Å²) in [6.45, 7) is 0.873. The van der Waals surface area contributed by atoms with Crippen molar-refractivity contribution >= 4 is 12.1 Å². The van der Waals surface area contributed by atoms with Crippen molar-refractivity contribution < 1.29 is 28.6 Å². The summed E-state index contributed by atoms with van der Waals surface area (Å²) < 4.78 is 23.9. The van der Waals surface area contributed by atoms with Gasteiger partial charge in [-0.15, -0.1) is 0 Å². The van der Waals surface area contributed by atoms with Crippen LogP contribution in [0.1, 0.15) is 10.4 Å². The zero-order valence-electron chi connectivity index (χ0n) is 14.5. The van der Waals surface area contributed by atoms with Gasteiger partial charge in [-0.05, 0) is 30.3 Å². The fourth-order valence-electron chi connectivity index (χ4n) is 3.51. The number of aromatic nitrogens is 1. The van der Waals surface area contributed by atoms with Crippen molar-refractivity contribution in [3.8, 4) is 17.1 Å². The predicted molar refractivity (Wildman–Crippen MR) is 92.0 cm³/mol. The third-order valence-corrected chi connectivity index (χ3v) is 5.01. The number of likely N-dealkylation sites (tertiary alicyclic amines) is 1. The number of carboxylic acid groups (broad SMARTS) is 1. The second kappa shape index (κ2) is 6.53. The summed E-state index contributed by atoms with van der Waals surface area (Å²) in [6, 6.07) is 8.83. The zero-order chi connectivity index (χ0) is 19.1. The van der Waals surface area contributed by atoms with Crippen LogP contribution in [-0.2, 0) is 4.74 Å². The molecule has 1 aromatic heterocycles. The highest BCUT2D eigenvalue weighted by atomic mass is 19.1. The Morgan fingerprint density at radius 1 is 1.19 bits per heavy atom. The molecular formula is C19H17FN2O5. The maximum Gasteiger partial charge on any atom is 0.407 e. The average Bonchev–Trinajstić information content (AvgIpc) is 3.10. The normalized spacial score (nSPS) is 22.9. The highest BCUT2D eigenvalue weighted by molar-refractivity contribution is 5.91. The molecule has 2 aromatic rings. The second-order valence-electron chi connectivity index (χ2n) is 6.68. The van der Waals surface area contributed by atoms with Crippen LogP contribution in [-0.4, -0.2) is 53.4 Å². The Morgan fingerprint density at radius 3 is 2.44 bits per heavy atom. The van der Waals surface area contributed by atoms with E-state index < -0.39 is 12.1 Å². The van der Waals surface area contributed by atoms with Crippen LogP contribution in [0.15, 0.2) is 36.4 Å². The number of amides is 1. The number of hydrogen-bond acceptors (Lipinski definition) is 5. The molecule has 1 saturated carbocycles. The molecule has 8 heteroatoms. The Bertz CT molecular complexity index is 889. The molecule has 2 aliphatic rings. The molecule has 3 atom stereocenters. The highest BCUT2D eigenvalue weighted by Gasteiger charge is 2.59. The van der Waals surface area contributed by atoms with Gasteiger partial charge < -0.3 is 19.5 Å². The van der Waals surface area contributed by atoms with Crippen molar-refractivity contribution in [3.05, 3.63) is 47.8 Å². The Balaban J connectivity index is 1.57. The van der Waals surface area contributed by atoms with Gasteiger partial charge >= 0.3 is 12.1 Å². The lowest BCUT2D eigenvalue weighted by Crippen LogP contribution is -2.31. The van der Waals surface area contributed by atoms with Gasteiger partial charge in [-0.1, -0.05) is 0 Å². The summed E-state index contributed by atoms with van der Waals surface area (Å²) in [5.74, 6) is -0.358. The Labute approximate surface area is 154 Å². The lowest BCUT2D eigenvalue weighted by Gasteiger charge is -2.17. The molecule has 0 radical (unpaired) electrons. The van der Waals surface area contributed by atoms with E-state index in [0.29, 0.717) is 24.3 Å². The Morgan fingerprint density at radius 2 is 1.85 bits per heavy atom. The van der Waals surface area contributed by atoms with Gasteiger partial charge in [0.1, 0.15) is 11.9 Å². The van der Waals surface area contributed by atoms with E-state index >= 15 is 0 Å². The molecular weight excluding hydrogens is 355 g/mol. The number of methoxy groups -OCH3 is 1. The molecule has 140 valence electrons. The summed E-state index contributed by atoms with van der Waals surface area (Å²) in [5, 5.41) is 9.03. The van der Waals surface area contributed by atoms with Gasteiger partial charge in [0.25, 0.3) is 0 Å². The quantitative estimate of drug-likeness (QED) is 0.830. The molecule has 7 nitrogen and oxygen atoms in total. The summed E-state index contributed by atoms with van der Waals surface area (Å²) in [6.07, 6.45) is -1.05. The van der Waals surface area contributed by atoms with E-state index in [1.54, 1.807) is 18.2 Å². The number of fused-ring (bicyclic) bond motifs is 1. The number of carbonyl (C=O) groups excluding carboxylic acids is 1. The van der Waals surface area contributed by atoms with Gasteiger partial charge in [0.05, 0.1) is 18.4 Å². The fraction of sp³-hybridized carbons (Fsp3) is 0.316. The monoisotopic (exact) mass is 372 g/mol. The van der Waals surface area contributed by atoms with Crippen LogP contribution < -0.4 is 4.74 Å². The van der Waals surface area contributed by atoms with Gasteiger partial charge in [-0.3, -0.25) is 0 Å². The van der Waals surface area contributed by atoms with Gasteiger partial charge in [-0.25, -0.2) is 19.0 Å². The number of piperidine rings is 1. The first-order chi connectivity index (χ1) is 13.0. The zero-order valence-corrected chi connectivity index (χ0v) is 14.5. The summed E-state index contributed by atoms with van der Waals surface area (Å²) in [7, 11) is 1.28. The molecule has 0 bridgehead atoms. The van der Waals surface area contributed by atoms with E-state index in [1.165, 1.54) is 30.2 Å². The van der Waals surface area contributed by atoms with Crippen LogP contribution >= 0.6 is 0 Å². The van der Waals surface area contributed by atoms with Crippen LogP contribution in [0.4, 0.5) is 9.18 Å². The number of benzene rings is 1. The minimum atomic E-state index is -0.926. The molecule has 2 fully saturated rings. The Hall–Kier alpha value is -3.16. The van der Waals surface area contributed by atoms with Crippen molar-refractivity contribution in [1.82, 2.24) is 9.88 Å². The highest BCUT2D eigenvalue weighted by Crippen LogP contribution is 2.47. The number of rotatable bonds is 4. The first-order valence-electron chi connectivity index (χ1n) is 8.47. The largest absolute Gasteiger partial charge is 0.474 e. The van der Waals surface area contributed by atoms with E-state index in [0.717, 1.165) is 0 Å². The molecule has 1 N–H and O–H groups in total. The molecule has 4 rings (SSSR count). The molecule has 2 heterocycles. The molecule has 0 unspecified atom stereocenters. The van der Waals surface area contributed by atoms with E-state index in [4.69, 9.17) is 14.6 Å². The molecule has 1 aromatic carbocycles. The third-order valence-electron chi connectivity index (χ3n) is 5.01. The lowest BCUT2D eigenvalue weighted by molar-refractivity contribution is 0.0599. The van der Waals surface area contributed by atoms with E-state index in [-0.39, 0.29) is 35.2 Å². The smallest absolute Gasteiger partial charge is 0.407 e. The van der Waals surface area contributed by atoms with Crippen molar-refractivity contribution in [2.45, 2.75) is 6.10 Å². The number of esters is 1. The predicted octanol–water partition coefficient (Wildman–Crippen LogP) is 2.66.